The quantitative estimate of drug-likeness (QED) is 0.717. The van der Waals surface area contributed by atoms with Crippen molar-refractivity contribution in [1.82, 2.24) is 9.88 Å². The van der Waals surface area contributed by atoms with Crippen LogP contribution in [0.1, 0.15) is 35.1 Å². The molecule has 1 aliphatic heterocycles. The number of amides is 1. The van der Waals surface area contributed by atoms with E-state index in [1.165, 1.54) is 0 Å². The van der Waals surface area contributed by atoms with E-state index in [-0.39, 0.29) is 18.9 Å². The highest BCUT2D eigenvalue weighted by Gasteiger charge is 2.32. The van der Waals surface area contributed by atoms with Crippen molar-refractivity contribution >= 4 is 11.9 Å². The van der Waals surface area contributed by atoms with Crippen LogP contribution in [0.5, 0.6) is 0 Å². The molecule has 6 heteroatoms. The van der Waals surface area contributed by atoms with E-state index in [2.05, 4.69) is 4.98 Å². The Kier molecular flexibility index (Phi) is 5.16. The highest BCUT2D eigenvalue weighted by molar-refractivity contribution is 5.81. The number of hydrogen-bond acceptors (Lipinski definition) is 4. The van der Waals surface area contributed by atoms with E-state index in [0.29, 0.717) is 24.6 Å². The molecule has 1 N–H and O–H groups in total. The second-order valence-corrected chi connectivity index (χ2v) is 7.25. The fourth-order valence-electron chi connectivity index (χ4n) is 3.80. The van der Waals surface area contributed by atoms with Crippen molar-refractivity contribution < 1.29 is 19.1 Å². The number of fused-ring (bicyclic) bond motifs is 1. The third kappa shape index (κ3) is 3.92. The number of carboxylic acid groups (broad SMARTS) is 1. The Labute approximate surface area is 168 Å². The molecule has 1 aliphatic rings. The van der Waals surface area contributed by atoms with Gasteiger partial charge in [0, 0.05) is 31.5 Å². The highest BCUT2D eigenvalue weighted by atomic mass is 16.4. The lowest BCUT2D eigenvalue weighted by atomic mass is 9.89. The number of carbonyl (C=O) groups excluding carboxylic acids is 1. The smallest absolute Gasteiger partial charge is 0.312 e. The van der Waals surface area contributed by atoms with E-state index in [9.17, 15) is 14.7 Å². The number of aliphatic carboxylic acids is 1. The van der Waals surface area contributed by atoms with Gasteiger partial charge in [-0.05, 0) is 18.1 Å². The first-order valence-corrected chi connectivity index (χ1v) is 9.63. The minimum Gasteiger partial charge on any atom is -0.481 e. The van der Waals surface area contributed by atoms with Crippen molar-refractivity contribution in [3.63, 3.8) is 0 Å². The van der Waals surface area contributed by atoms with Gasteiger partial charge in [-0.25, -0.2) is 4.98 Å². The maximum Gasteiger partial charge on any atom is 0.312 e. The Morgan fingerprint density at radius 2 is 1.86 bits per heavy atom. The van der Waals surface area contributed by atoms with E-state index in [1.54, 1.807) is 4.90 Å². The predicted molar refractivity (Wildman–Crippen MR) is 107 cm³/mol. The molecular formula is C23H22N2O4. The van der Waals surface area contributed by atoms with Gasteiger partial charge in [0.05, 0.1) is 11.6 Å². The van der Waals surface area contributed by atoms with Crippen LogP contribution in [0.25, 0.3) is 11.3 Å². The molecule has 0 saturated carbocycles. The fraction of sp³-hybridized carbons (Fsp3) is 0.261. The second-order valence-electron chi connectivity index (χ2n) is 7.25. The van der Waals surface area contributed by atoms with Crippen molar-refractivity contribution in [2.24, 2.45) is 0 Å². The van der Waals surface area contributed by atoms with Crippen LogP contribution in [0.4, 0.5) is 0 Å². The Bertz CT molecular complexity index is 1040. The molecule has 3 aromatic rings. The number of carboxylic acids is 1. The molecule has 6 nitrogen and oxygen atoms in total. The minimum atomic E-state index is -0.911. The fourth-order valence-corrected chi connectivity index (χ4v) is 3.80. The van der Waals surface area contributed by atoms with Crippen LogP contribution in [0, 0.1) is 6.92 Å². The average molecular weight is 390 g/mol. The zero-order valence-electron chi connectivity index (χ0n) is 16.2. The Morgan fingerprint density at radius 1 is 1.14 bits per heavy atom. The average Bonchev–Trinajstić information content (AvgIpc) is 3.12. The van der Waals surface area contributed by atoms with Gasteiger partial charge in [-0.2, -0.15) is 0 Å². The van der Waals surface area contributed by atoms with Crippen molar-refractivity contribution in [3.05, 3.63) is 77.3 Å². The molecule has 2 aromatic carbocycles. The summed E-state index contributed by atoms with van der Waals surface area (Å²) in [6, 6.07) is 17.1. The van der Waals surface area contributed by atoms with Crippen LogP contribution in [-0.4, -0.2) is 33.4 Å². The normalized spacial score (nSPS) is 15.8. The van der Waals surface area contributed by atoms with Crippen LogP contribution in [0.15, 0.2) is 59.0 Å². The molecule has 0 radical (unpaired) electrons. The topological polar surface area (TPSA) is 83.6 Å². The van der Waals surface area contributed by atoms with Gasteiger partial charge in [-0.15, -0.1) is 0 Å². The molecule has 1 atom stereocenters. The molecule has 0 spiro atoms. The van der Waals surface area contributed by atoms with Gasteiger partial charge in [-0.3, -0.25) is 9.59 Å². The maximum absolute atomic E-state index is 12.8. The number of benzene rings is 2. The van der Waals surface area contributed by atoms with Gasteiger partial charge in [0.15, 0.2) is 11.7 Å². The largest absolute Gasteiger partial charge is 0.481 e. The summed E-state index contributed by atoms with van der Waals surface area (Å²) in [4.78, 5) is 30.5. The first kappa shape index (κ1) is 18.9. The molecule has 0 bridgehead atoms. The molecule has 148 valence electrons. The lowest BCUT2D eigenvalue weighted by Crippen LogP contribution is -2.40. The Hall–Kier alpha value is -3.41. The highest BCUT2D eigenvalue weighted by Crippen LogP contribution is 2.29. The van der Waals surface area contributed by atoms with Gasteiger partial charge in [-0.1, -0.05) is 54.6 Å². The first-order chi connectivity index (χ1) is 14.0. The molecule has 2 heterocycles. The van der Waals surface area contributed by atoms with Gasteiger partial charge in [0.25, 0.3) is 0 Å². The molecule has 0 aliphatic carbocycles. The van der Waals surface area contributed by atoms with Crippen LogP contribution in [0.2, 0.25) is 0 Å². The maximum atomic E-state index is 12.8. The summed E-state index contributed by atoms with van der Waals surface area (Å²) < 4.78 is 5.88. The predicted octanol–water partition coefficient (Wildman–Crippen LogP) is 3.79. The lowest BCUT2D eigenvalue weighted by molar-refractivity contribution is -0.141. The van der Waals surface area contributed by atoms with E-state index < -0.39 is 11.9 Å². The van der Waals surface area contributed by atoms with Gasteiger partial charge in [0.2, 0.25) is 5.91 Å². The van der Waals surface area contributed by atoms with Crippen molar-refractivity contribution in [3.8, 4) is 11.3 Å². The molecule has 29 heavy (non-hydrogen) atoms. The van der Waals surface area contributed by atoms with Crippen LogP contribution < -0.4 is 0 Å². The molecule has 1 unspecified atom stereocenters. The zero-order chi connectivity index (χ0) is 20.4. The standard InChI is InChI=1S/C23H22N2O4/c1-15-22(16-7-3-2-4-8-16)29-20(24-15)11-12-21(26)25-13-17-9-5-6-10-18(17)19(14-25)23(27)28/h2-10,19H,11-14H2,1H3,(H,27,28). The van der Waals surface area contributed by atoms with Gasteiger partial charge < -0.3 is 14.4 Å². The first-order valence-electron chi connectivity index (χ1n) is 9.63. The molecule has 4 rings (SSSR count). The summed E-state index contributed by atoms with van der Waals surface area (Å²) in [6.45, 7) is 2.50. The molecular weight excluding hydrogens is 368 g/mol. The summed E-state index contributed by atoms with van der Waals surface area (Å²) >= 11 is 0. The number of carbonyl (C=O) groups is 2. The number of aryl methyl sites for hydroxylation is 2. The summed E-state index contributed by atoms with van der Waals surface area (Å²) in [7, 11) is 0. The van der Waals surface area contributed by atoms with Crippen molar-refractivity contribution in [2.75, 3.05) is 6.54 Å². The minimum absolute atomic E-state index is 0.0946. The molecule has 0 fully saturated rings. The van der Waals surface area contributed by atoms with Crippen molar-refractivity contribution in [1.29, 1.82) is 0 Å². The number of oxazole rings is 1. The summed E-state index contributed by atoms with van der Waals surface area (Å²) in [5.74, 6) is -0.473. The number of nitrogens with zero attached hydrogens (tertiary/aromatic N) is 2. The van der Waals surface area contributed by atoms with E-state index in [4.69, 9.17) is 4.42 Å². The second kappa shape index (κ2) is 7.91. The number of hydrogen-bond donors (Lipinski definition) is 1. The third-order valence-corrected chi connectivity index (χ3v) is 5.28. The number of aromatic nitrogens is 1. The van der Waals surface area contributed by atoms with E-state index in [0.717, 1.165) is 22.4 Å². The molecule has 0 saturated heterocycles. The monoisotopic (exact) mass is 390 g/mol. The van der Waals surface area contributed by atoms with E-state index >= 15 is 0 Å². The lowest BCUT2D eigenvalue weighted by Gasteiger charge is -2.32. The van der Waals surface area contributed by atoms with Crippen LogP contribution in [-0.2, 0) is 22.6 Å². The molecule has 1 amide bonds. The Morgan fingerprint density at radius 3 is 2.62 bits per heavy atom. The van der Waals surface area contributed by atoms with Gasteiger partial charge in [0.1, 0.15) is 0 Å². The third-order valence-electron chi connectivity index (χ3n) is 5.28. The summed E-state index contributed by atoms with van der Waals surface area (Å²) in [6.07, 6.45) is 0.602. The van der Waals surface area contributed by atoms with Crippen molar-refractivity contribution in [2.45, 2.75) is 32.2 Å². The van der Waals surface area contributed by atoms with Gasteiger partial charge >= 0.3 is 5.97 Å². The van der Waals surface area contributed by atoms with Crippen LogP contribution in [0.3, 0.4) is 0 Å². The SMILES string of the molecule is Cc1nc(CCC(=O)N2Cc3ccccc3C(C(=O)O)C2)oc1-c1ccccc1. The van der Waals surface area contributed by atoms with Crippen LogP contribution >= 0.6 is 0 Å². The number of rotatable bonds is 5. The summed E-state index contributed by atoms with van der Waals surface area (Å²) in [5.41, 5.74) is 3.42. The Balaban J connectivity index is 1.45. The summed E-state index contributed by atoms with van der Waals surface area (Å²) in [5, 5.41) is 9.57. The zero-order valence-corrected chi connectivity index (χ0v) is 16.2. The molecule has 1 aromatic heterocycles. The van der Waals surface area contributed by atoms with E-state index in [1.807, 2.05) is 61.5 Å².